The van der Waals surface area contributed by atoms with E-state index in [2.05, 4.69) is 23.9 Å². The van der Waals surface area contributed by atoms with E-state index in [1.54, 1.807) is 18.2 Å². The smallest absolute Gasteiger partial charge is 0.240 e. The van der Waals surface area contributed by atoms with E-state index in [9.17, 15) is 8.42 Å². The lowest BCUT2D eigenvalue weighted by Crippen LogP contribution is -2.41. The Kier molecular flexibility index (Phi) is 4.91. The molecule has 1 aliphatic rings. The van der Waals surface area contributed by atoms with E-state index in [1.807, 2.05) is 6.07 Å². The quantitative estimate of drug-likeness (QED) is 0.876. The van der Waals surface area contributed by atoms with Crippen molar-refractivity contribution in [2.75, 3.05) is 19.0 Å². The molecule has 0 radical (unpaired) electrons. The number of hydrogen-bond acceptors (Lipinski definition) is 4. The van der Waals surface area contributed by atoms with Crippen LogP contribution < -0.4 is 10.0 Å². The zero-order valence-electron chi connectivity index (χ0n) is 12.8. The van der Waals surface area contributed by atoms with Crippen LogP contribution in [0.15, 0.2) is 29.2 Å². The molecule has 118 valence electrons. The monoisotopic (exact) mass is 312 g/mol. The predicted octanol–water partition coefficient (Wildman–Crippen LogP) is 2.35. The summed E-state index contributed by atoms with van der Waals surface area (Å²) in [5.41, 5.74) is 0.738. The highest BCUT2D eigenvalue weighted by Gasteiger charge is 2.31. The third-order valence-corrected chi connectivity index (χ3v) is 5.54. The van der Waals surface area contributed by atoms with Crippen LogP contribution in [0.25, 0.3) is 0 Å². The summed E-state index contributed by atoms with van der Waals surface area (Å²) in [6.07, 6.45) is 2.82. The molecule has 0 amide bonds. The van der Waals surface area contributed by atoms with Gasteiger partial charge in [-0.1, -0.05) is 13.0 Å². The zero-order valence-corrected chi connectivity index (χ0v) is 13.7. The molecule has 0 bridgehead atoms. The summed E-state index contributed by atoms with van der Waals surface area (Å²) in [5.74, 6) is 0. The molecule has 2 N–H and O–H groups in total. The van der Waals surface area contributed by atoms with Crippen LogP contribution in [-0.4, -0.2) is 33.7 Å². The van der Waals surface area contributed by atoms with Crippen molar-refractivity contribution in [3.63, 3.8) is 0 Å². The van der Waals surface area contributed by atoms with E-state index in [-0.39, 0.29) is 10.5 Å². The van der Waals surface area contributed by atoms with Crippen LogP contribution >= 0.6 is 0 Å². The van der Waals surface area contributed by atoms with Crippen molar-refractivity contribution in [2.45, 2.75) is 49.6 Å². The minimum Gasteiger partial charge on any atom is -0.382 e. The highest BCUT2D eigenvalue weighted by atomic mass is 32.2. The lowest BCUT2D eigenvalue weighted by atomic mass is 9.90. The summed E-state index contributed by atoms with van der Waals surface area (Å²) in [7, 11) is -1.99. The van der Waals surface area contributed by atoms with E-state index >= 15 is 0 Å². The number of ether oxygens (including phenoxy) is 1. The van der Waals surface area contributed by atoms with Gasteiger partial charge in [-0.3, -0.25) is 0 Å². The van der Waals surface area contributed by atoms with E-state index in [4.69, 9.17) is 4.74 Å². The van der Waals surface area contributed by atoms with Crippen LogP contribution in [0.1, 0.15) is 33.1 Å². The second-order valence-electron chi connectivity index (χ2n) is 5.72. The first-order valence-electron chi connectivity index (χ1n) is 7.33. The van der Waals surface area contributed by atoms with Crippen LogP contribution in [-0.2, 0) is 14.8 Å². The lowest BCUT2D eigenvalue weighted by Gasteiger charge is -2.38. The van der Waals surface area contributed by atoms with Crippen molar-refractivity contribution in [2.24, 2.45) is 0 Å². The molecule has 0 aliphatic carbocycles. The van der Waals surface area contributed by atoms with Gasteiger partial charge in [-0.25, -0.2) is 13.1 Å². The Hall–Kier alpha value is -1.11. The van der Waals surface area contributed by atoms with Crippen LogP contribution in [0.4, 0.5) is 5.69 Å². The minimum absolute atomic E-state index is 0.0927. The van der Waals surface area contributed by atoms with E-state index in [0.717, 1.165) is 31.6 Å². The summed E-state index contributed by atoms with van der Waals surface area (Å²) < 4.78 is 31.8. The summed E-state index contributed by atoms with van der Waals surface area (Å²) in [6.45, 7) is 4.99. The summed E-state index contributed by atoms with van der Waals surface area (Å²) in [4.78, 5) is 0.278. The second-order valence-corrected chi connectivity index (χ2v) is 7.61. The number of nitrogens with one attached hydrogen (secondary N) is 2. The number of anilines is 1. The van der Waals surface area contributed by atoms with Gasteiger partial charge < -0.3 is 10.1 Å². The molecule has 0 aromatic heterocycles. The van der Waals surface area contributed by atoms with Gasteiger partial charge >= 0.3 is 0 Å². The molecule has 1 saturated heterocycles. The maximum atomic E-state index is 11.8. The third-order valence-electron chi connectivity index (χ3n) is 4.13. The molecule has 0 saturated carbocycles. The molecule has 2 rings (SSSR count). The van der Waals surface area contributed by atoms with Gasteiger partial charge in [0.15, 0.2) is 0 Å². The molecule has 1 aromatic carbocycles. The Morgan fingerprint density at radius 3 is 2.86 bits per heavy atom. The average molecular weight is 312 g/mol. The van der Waals surface area contributed by atoms with Crippen molar-refractivity contribution in [3.05, 3.63) is 24.3 Å². The maximum Gasteiger partial charge on any atom is 0.240 e. The van der Waals surface area contributed by atoms with Crippen LogP contribution in [0.2, 0.25) is 0 Å². The Bertz CT molecular complexity index is 588. The van der Waals surface area contributed by atoms with Crippen molar-refractivity contribution < 1.29 is 13.2 Å². The van der Waals surface area contributed by atoms with Gasteiger partial charge in [-0.15, -0.1) is 0 Å². The molecule has 2 atom stereocenters. The van der Waals surface area contributed by atoms with Gasteiger partial charge in [0.2, 0.25) is 10.0 Å². The van der Waals surface area contributed by atoms with Crippen molar-refractivity contribution in [3.8, 4) is 0 Å². The SMILES string of the molecule is CCC1(C)CC(Nc2cccc(S(=O)(=O)NC)c2)CCO1. The maximum absolute atomic E-state index is 11.8. The lowest BCUT2D eigenvalue weighted by molar-refractivity contribution is -0.0708. The first kappa shape index (κ1) is 16.3. The van der Waals surface area contributed by atoms with Gasteiger partial charge in [-0.2, -0.15) is 0 Å². The molecule has 1 fully saturated rings. The minimum atomic E-state index is -3.40. The van der Waals surface area contributed by atoms with Gasteiger partial charge in [0, 0.05) is 18.3 Å². The fourth-order valence-corrected chi connectivity index (χ4v) is 3.38. The third kappa shape index (κ3) is 3.96. The fraction of sp³-hybridized carbons (Fsp3) is 0.600. The summed E-state index contributed by atoms with van der Waals surface area (Å²) >= 11 is 0. The van der Waals surface area contributed by atoms with E-state index in [1.165, 1.54) is 7.05 Å². The molecular formula is C15H24N2O3S. The molecule has 21 heavy (non-hydrogen) atoms. The van der Waals surface area contributed by atoms with Crippen molar-refractivity contribution in [1.29, 1.82) is 0 Å². The molecule has 6 heteroatoms. The molecule has 5 nitrogen and oxygen atoms in total. The van der Waals surface area contributed by atoms with Gasteiger partial charge in [-0.05, 0) is 51.4 Å². The predicted molar refractivity (Wildman–Crippen MR) is 84.0 cm³/mol. The first-order valence-corrected chi connectivity index (χ1v) is 8.81. The molecule has 1 aromatic rings. The number of sulfonamides is 1. The zero-order chi connectivity index (χ0) is 15.5. The van der Waals surface area contributed by atoms with Gasteiger partial charge in [0.05, 0.1) is 10.5 Å². The van der Waals surface area contributed by atoms with Gasteiger partial charge in [0.25, 0.3) is 0 Å². The molecule has 0 spiro atoms. The Balaban J connectivity index is 2.12. The van der Waals surface area contributed by atoms with E-state index in [0.29, 0.717) is 6.04 Å². The molecule has 1 aliphatic heterocycles. The van der Waals surface area contributed by atoms with E-state index < -0.39 is 10.0 Å². The molecule has 2 unspecified atom stereocenters. The van der Waals surface area contributed by atoms with Crippen molar-refractivity contribution >= 4 is 15.7 Å². The van der Waals surface area contributed by atoms with Crippen LogP contribution in [0.5, 0.6) is 0 Å². The average Bonchev–Trinajstić information content (AvgIpc) is 2.48. The number of rotatable bonds is 5. The second kappa shape index (κ2) is 6.34. The van der Waals surface area contributed by atoms with Crippen LogP contribution in [0.3, 0.4) is 0 Å². The summed E-state index contributed by atoms with van der Waals surface area (Å²) in [5, 5.41) is 3.43. The number of benzene rings is 1. The molecule has 1 heterocycles. The number of hydrogen-bond donors (Lipinski definition) is 2. The standard InChI is InChI=1S/C15H24N2O3S/c1-4-15(2)11-13(8-9-20-15)17-12-6-5-7-14(10-12)21(18,19)16-3/h5-7,10,13,16-17H,4,8-9,11H2,1-3H3. The Morgan fingerprint density at radius 1 is 1.43 bits per heavy atom. The van der Waals surface area contributed by atoms with Gasteiger partial charge in [0.1, 0.15) is 0 Å². The molecular weight excluding hydrogens is 288 g/mol. The summed E-state index contributed by atoms with van der Waals surface area (Å²) in [6, 6.07) is 7.22. The largest absolute Gasteiger partial charge is 0.382 e. The fourth-order valence-electron chi connectivity index (χ4n) is 2.61. The Morgan fingerprint density at radius 2 is 2.19 bits per heavy atom. The highest BCUT2D eigenvalue weighted by molar-refractivity contribution is 7.89. The normalized spacial score (nSPS) is 26.5. The first-order chi connectivity index (χ1) is 9.88. The van der Waals surface area contributed by atoms with Crippen molar-refractivity contribution in [1.82, 2.24) is 4.72 Å². The van der Waals surface area contributed by atoms with Crippen LogP contribution in [0, 0.1) is 0 Å². The Labute approximate surface area is 127 Å². The highest BCUT2D eigenvalue weighted by Crippen LogP contribution is 2.29. The topological polar surface area (TPSA) is 67.4 Å².